The van der Waals surface area contributed by atoms with Crippen molar-refractivity contribution >= 4 is 23.1 Å². The second kappa shape index (κ2) is 7.76. The van der Waals surface area contributed by atoms with Crippen molar-refractivity contribution in [3.05, 3.63) is 70.4 Å². The molecule has 0 saturated heterocycles. The third-order valence-electron chi connectivity index (χ3n) is 4.89. The molecular formula is C22H24N2O3. The predicted molar refractivity (Wildman–Crippen MR) is 106 cm³/mol. The van der Waals surface area contributed by atoms with Crippen LogP contribution < -0.4 is 5.32 Å². The first-order valence-corrected chi connectivity index (χ1v) is 8.93. The highest BCUT2D eigenvalue weighted by atomic mass is 16.5. The number of carbonyl (C=O) groups excluding carboxylic acids is 2. The maximum Gasteiger partial charge on any atom is 0.278 e. The number of nitrogens with one attached hydrogen (secondary N) is 1. The second-order valence-electron chi connectivity index (χ2n) is 6.74. The highest BCUT2D eigenvalue weighted by Crippen LogP contribution is 2.31. The van der Waals surface area contributed by atoms with Gasteiger partial charge >= 0.3 is 0 Å². The van der Waals surface area contributed by atoms with Crippen LogP contribution in [0, 0.1) is 20.8 Å². The summed E-state index contributed by atoms with van der Waals surface area (Å²) in [6.07, 6.45) is 0. The Hall–Kier alpha value is -2.92. The number of anilines is 1. The molecule has 2 amide bonds. The molecule has 1 N–H and O–H groups in total. The van der Waals surface area contributed by atoms with E-state index in [1.54, 1.807) is 7.11 Å². The van der Waals surface area contributed by atoms with E-state index >= 15 is 0 Å². The smallest absolute Gasteiger partial charge is 0.278 e. The zero-order chi connectivity index (χ0) is 19.6. The zero-order valence-electron chi connectivity index (χ0n) is 16.1. The lowest BCUT2D eigenvalue weighted by molar-refractivity contribution is -0.137. The van der Waals surface area contributed by atoms with Gasteiger partial charge in [0.2, 0.25) is 0 Å². The summed E-state index contributed by atoms with van der Waals surface area (Å²) in [7, 11) is 1.55. The molecule has 5 nitrogen and oxygen atoms in total. The first-order valence-electron chi connectivity index (χ1n) is 8.93. The van der Waals surface area contributed by atoms with Crippen molar-refractivity contribution in [3.63, 3.8) is 0 Å². The standard InChI is InChI=1S/C22H24N2O3/c1-14-8-10-17(11-9-14)19-20(22(26)24(21(19)25)12-13-27-4)23-18-7-5-6-15(2)16(18)3/h5-11,23H,12-13H2,1-4H3. The monoisotopic (exact) mass is 364 g/mol. The minimum absolute atomic E-state index is 0.224. The Kier molecular flexibility index (Phi) is 5.42. The van der Waals surface area contributed by atoms with Crippen molar-refractivity contribution in [1.82, 2.24) is 4.90 Å². The zero-order valence-corrected chi connectivity index (χ0v) is 16.1. The van der Waals surface area contributed by atoms with Crippen molar-refractivity contribution in [2.75, 3.05) is 25.6 Å². The van der Waals surface area contributed by atoms with Gasteiger partial charge in [0.15, 0.2) is 0 Å². The van der Waals surface area contributed by atoms with Crippen LogP contribution in [0.3, 0.4) is 0 Å². The van der Waals surface area contributed by atoms with Crippen LogP contribution in [0.5, 0.6) is 0 Å². The fraction of sp³-hybridized carbons (Fsp3) is 0.273. The molecule has 2 aromatic rings. The number of carbonyl (C=O) groups is 2. The summed E-state index contributed by atoms with van der Waals surface area (Å²) in [5.41, 5.74) is 5.52. The first-order chi connectivity index (χ1) is 12.9. The molecule has 3 rings (SSSR count). The number of amides is 2. The number of hydrogen-bond acceptors (Lipinski definition) is 4. The average Bonchev–Trinajstić information content (AvgIpc) is 2.88. The Bertz CT molecular complexity index is 914. The highest BCUT2D eigenvalue weighted by Gasteiger charge is 2.39. The van der Waals surface area contributed by atoms with Crippen LogP contribution in [0.25, 0.3) is 5.57 Å². The normalized spacial score (nSPS) is 14.3. The lowest BCUT2D eigenvalue weighted by atomic mass is 10.0. The second-order valence-corrected chi connectivity index (χ2v) is 6.74. The largest absolute Gasteiger partial charge is 0.383 e. The topological polar surface area (TPSA) is 58.6 Å². The first kappa shape index (κ1) is 18.9. The van der Waals surface area contributed by atoms with E-state index in [0.717, 1.165) is 27.9 Å². The van der Waals surface area contributed by atoms with E-state index in [2.05, 4.69) is 5.32 Å². The predicted octanol–water partition coefficient (Wildman–Crippen LogP) is 3.45. The molecule has 1 aliphatic rings. The number of rotatable bonds is 6. The van der Waals surface area contributed by atoms with Crippen molar-refractivity contribution in [2.45, 2.75) is 20.8 Å². The van der Waals surface area contributed by atoms with E-state index in [9.17, 15) is 9.59 Å². The third kappa shape index (κ3) is 3.64. The van der Waals surface area contributed by atoms with Gasteiger partial charge in [0.25, 0.3) is 11.8 Å². The molecule has 2 aromatic carbocycles. The number of methoxy groups -OCH3 is 1. The van der Waals surface area contributed by atoms with Crippen molar-refractivity contribution in [1.29, 1.82) is 0 Å². The van der Waals surface area contributed by atoms with Crippen LogP contribution in [0.2, 0.25) is 0 Å². The summed E-state index contributed by atoms with van der Waals surface area (Å²) >= 11 is 0. The van der Waals surface area contributed by atoms with E-state index in [0.29, 0.717) is 17.9 Å². The Morgan fingerprint density at radius 1 is 0.963 bits per heavy atom. The molecule has 0 fully saturated rings. The Balaban J connectivity index is 2.07. The highest BCUT2D eigenvalue weighted by molar-refractivity contribution is 6.36. The summed E-state index contributed by atoms with van der Waals surface area (Å²) in [5, 5.41) is 3.23. The van der Waals surface area contributed by atoms with E-state index in [1.165, 1.54) is 4.90 Å². The van der Waals surface area contributed by atoms with E-state index < -0.39 is 0 Å². The van der Waals surface area contributed by atoms with Crippen LogP contribution >= 0.6 is 0 Å². The fourth-order valence-electron chi connectivity index (χ4n) is 3.09. The summed E-state index contributed by atoms with van der Waals surface area (Å²) in [5.74, 6) is -0.623. The van der Waals surface area contributed by atoms with Crippen LogP contribution in [-0.4, -0.2) is 37.0 Å². The van der Waals surface area contributed by atoms with Crippen LogP contribution in [0.4, 0.5) is 5.69 Å². The van der Waals surface area contributed by atoms with E-state index in [-0.39, 0.29) is 18.4 Å². The number of nitrogens with zero attached hydrogens (tertiary/aromatic N) is 1. The summed E-state index contributed by atoms with van der Waals surface area (Å²) in [4.78, 5) is 27.3. The summed E-state index contributed by atoms with van der Waals surface area (Å²) in [6, 6.07) is 13.5. The lowest BCUT2D eigenvalue weighted by Gasteiger charge is -2.15. The molecule has 0 bridgehead atoms. The molecule has 5 heteroatoms. The summed E-state index contributed by atoms with van der Waals surface area (Å²) < 4.78 is 5.06. The number of imide groups is 1. The van der Waals surface area contributed by atoms with Gasteiger partial charge < -0.3 is 10.1 Å². The summed E-state index contributed by atoms with van der Waals surface area (Å²) in [6.45, 7) is 6.52. The lowest BCUT2D eigenvalue weighted by Crippen LogP contribution is -2.35. The third-order valence-corrected chi connectivity index (χ3v) is 4.89. The van der Waals surface area contributed by atoms with Gasteiger partial charge in [0, 0.05) is 12.8 Å². The molecule has 140 valence electrons. The Morgan fingerprint density at radius 2 is 1.67 bits per heavy atom. The molecule has 0 unspecified atom stereocenters. The van der Waals surface area contributed by atoms with Gasteiger partial charge in [-0.25, -0.2) is 0 Å². The van der Waals surface area contributed by atoms with Crippen molar-refractivity contribution < 1.29 is 14.3 Å². The SMILES string of the molecule is COCCN1C(=O)C(Nc2cccc(C)c2C)=C(c2ccc(C)cc2)C1=O. The number of aryl methyl sites for hydroxylation is 2. The van der Waals surface area contributed by atoms with Gasteiger partial charge in [-0.15, -0.1) is 0 Å². The van der Waals surface area contributed by atoms with Crippen LogP contribution in [-0.2, 0) is 14.3 Å². The molecule has 0 spiro atoms. The van der Waals surface area contributed by atoms with Gasteiger partial charge in [-0.3, -0.25) is 14.5 Å². The van der Waals surface area contributed by atoms with Gasteiger partial charge in [-0.1, -0.05) is 42.0 Å². The van der Waals surface area contributed by atoms with E-state index in [4.69, 9.17) is 4.74 Å². The fourth-order valence-corrected chi connectivity index (χ4v) is 3.09. The molecule has 1 heterocycles. The number of ether oxygens (including phenoxy) is 1. The van der Waals surface area contributed by atoms with Gasteiger partial charge in [0.1, 0.15) is 5.70 Å². The molecule has 0 radical (unpaired) electrons. The van der Waals surface area contributed by atoms with Crippen LogP contribution in [0.15, 0.2) is 48.2 Å². The van der Waals surface area contributed by atoms with E-state index in [1.807, 2.05) is 63.2 Å². The molecular weight excluding hydrogens is 340 g/mol. The molecule has 27 heavy (non-hydrogen) atoms. The Labute approximate surface area is 159 Å². The molecule has 1 aliphatic heterocycles. The Morgan fingerprint density at radius 3 is 2.33 bits per heavy atom. The maximum absolute atomic E-state index is 13.0. The average molecular weight is 364 g/mol. The van der Waals surface area contributed by atoms with Crippen molar-refractivity contribution in [3.8, 4) is 0 Å². The maximum atomic E-state index is 13.0. The number of benzene rings is 2. The minimum atomic E-state index is -0.325. The number of hydrogen-bond donors (Lipinski definition) is 1. The molecule has 0 aromatic heterocycles. The van der Waals surface area contributed by atoms with Gasteiger partial charge in [0.05, 0.1) is 18.7 Å². The minimum Gasteiger partial charge on any atom is -0.383 e. The van der Waals surface area contributed by atoms with Crippen LogP contribution in [0.1, 0.15) is 22.3 Å². The quantitative estimate of drug-likeness (QED) is 0.798. The van der Waals surface area contributed by atoms with Gasteiger partial charge in [-0.2, -0.15) is 0 Å². The molecule has 0 atom stereocenters. The van der Waals surface area contributed by atoms with Crippen molar-refractivity contribution in [2.24, 2.45) is 0 Å². The van der Waals surface area contributed by atoms with Gasteiger partial charge in [-0.05, 0) is 43.5 Å². The molecule has 0 aliphatic carbocycles. The molecule has 0 saturated carbocycles.